The fourth-order valence-electron chi connectivity index (χ4n) is 1.65. The molecule has 0 amide bonds. The van der Waals surface area contributed by atoms with Crippen molar-refractivity contribution in [1.82, 2.24) is 9.97 Å². The number of hydrazine groups is 1. The summed E-state index contributed by atoms with van der Waals surface area (Å²) >= 11 is 1.63. The predicted octanol–water partition coefficient (Wildman–Crippen LogP) is 2.03. The van der Waals surface area contributed by atoms with Gasteiger partial charge in [0.15, 0.2) is 5.82 Å². The van der Waals surface area contributed by atoms with Crippen LogP contribution in [0.4, 0.5) is 5.82 Å². The molecule has 5 heteroatoms. The van der Waals surface area contributed by atoms with Crippen LogP contribution in [0, 0.1) is 0 Å². The zero-order chi connectivity index (χ0) is 10.5. The molecule has 0 saturated heterocycles. The largest absolute Gasteiger partial charge is 0.308 e. The molecule has 1 fully saturated rings. The summed E-state index contributed by atoms with van der Waals surface area (Å²) in [6, 6.07) is 1.99. The van der Waals surface area contributed by atoms with E-state index in [9.17, 15) is 0 Å². The molecule has 0 aliphatic heterocycles. The maximum atomic E-state index is 5.47. The van der Waals surface area contributed by atoms with Gasteiger partial charge in [0.2, 0.25) is 0 Å². The van der Waals surface area contributed by atoms with Crippen LogP contribution in [0.5, 0.6) is 0 Å². The van der Waals surface area contributed by atoms with Crippen molar-refractivity contribution in [3.05, 3.63) is 17.3 Å². The normalized spacial score (nSPS) is 18.0. The molecular formula is C10H12N4S. The first-order valence-electron chi connectivity index (χ1n) is 4.95. The summed E-state index contributed by atoms with van der Waals surface area (Å²) in [4.78, 5) is 10.1. The minimum atomic E-state index is 0.184. The number of fused-ring (bicyclic) bond motifs is 1. The molecule has 3 N–H and O–H groups in total. The molecule has 0 spiro atoms. The number of nitrogens with two attached hydrogens (primary N) is 1. The molecule has 78 valence electrons. The molecular weight excluding hydrogens is 208 g/mol. The van der Waals surface area contributed by atoms with Crippen LogP contribution in [0.2, 0.25) is 0 Å². The standard InChI is InChI=1S/C10H12N4S/c1-10(3-4-10)9-12-7(14-11)6-2-5-15-8(6)13-9/h2,5H,3-4,11H2,1H3,(H,12,13,14). The SMILES string of the molecule is CC1(c2nc(NN)c3ccsc3n2)CC1. The zero-order valence-electron chi connectivity index (χ0n) is 8.45. The average molecular weight is 220 g/mol. The van der Waals surface area contributed by atoms with Crippen molar-refractivity contribution in [2.24, 2.45) is 5.84 Å². The van der Waals surface area contributed by atoms with E-state index in [0.29, 0.717) is 0 Å². The van der Waals surface area contributed by atoms with Crippen molar-refractivity contribution in [2.45, 2.75) is 25.2 Å². The number of aromatic nitrogens is 2. The minimum Gasteiger partial charge on any atom is -0.308 e. The summed E-state index contributed by atoms with van der Waals surface area (Å²) in [5.41, 5.74) is 2.84. The first-order chi connectivity index (χ1) is 7.23. The van der Waals surface area contributed by atoms with Crippen LogP contribution < -0.4 is 11.3 Å². The Kier molecular flexibility index (Phi) is 1.75. The highest BCUT2D eigenvalue weighted by Crippen LogP contribution is 2.46. The Morgan fingerprint density at radius 3 is 2.93 bits per heavy atom. The Morgan fingerprint density at radius 2 is 2.27 bits per heavy atom. The number of rotatable bonds is 2. The molecule has 0 unspecified atom stereocenters. The van der Waals surface area contributed by atoms with E-state index >= 15 is 0 Å². The molecule has 1 aliphatic rings. The molecule has 15 heavy (non-hydrogen) atoms. The highest BCUT2D eigenvalue weighted by Gasteiger charge is 2.42. The Balaban J connectivity index is 2.24. The van der Waals surface area contributed by atoms with Crippen LogP contribution in [0.1, 0.15) is 25.6 Å². The van der Waals surface area contributed by atoms with Crippen LogP contribution in [0.15, 0.2) is 11.4 Å². The Labute approximate surface area is 91.5 Å². The lowest BCUT2D eigenvalue weighted by atomic mass is 10.1. The second kappa shape index (κ2) is 2.90. The maximum absolute atomic E-state index is 5.47. The molecule has 2 aromatic rings. The number of nitrogens with one attached hydrogen (secondary N) is 1. The number of nitrogens with zero attached hydrogens (tertiary/aromatic N) is 2. The van der Waals surface area contributed by atoms with Crippen LogP contribution in [0.25, 0.3) is 10.2 Å². The van der Waals surface area contributed by atoms with E-state index in [2.05, 4.69) is 22.3 Å². The van der Waals surface area contributed by atoms with Gasteiger partial charge in [-0.2, -0.15) is 0 Å². The average Bonchev–Trinajstić information content (AvgIpc) is 2.82. The number of nitrogen functional groups attached to an aromatic ring is 1. The highest BCUT2D eigenvalue weighted by atomic mass is 32.1. The number of hydrogen-bond acceptors (Lipinski definition) is 5. The summed E-state index contributed by atoms with van der Waals surface area (Å²) < 4.78 is 0. The summed E-state index contributed by atoms with van der Waals surface area (Å²) in [6.45, 7) is 2.20. The summed E-state index contributed by atoms with van der Waals surface area (Å²) in [5, 5.41) is 3.02. The van der Waals surface area contributed by atoms with Crippen LogP contribution in [-0.4, -0.2) is 9.97 Å². The monoisotopic (exact) mass is 220 g/mol. The summed E-state index contributed by atoms with van der Waals surface area (Å²) in [6.07, 6.45) is 2.35. The van der Waals surface area contributed by atoms with E-state index in [-0.39, 0.29) is 5.41 Å². The lowest BCUT2D eigenvalue weighted by molar-refractivity contribution is 0.717. The van der Waals surface area contributed by atoms with Gasteiger partial charge in [0.1, 0.15) is 10.7 Å². The van der Waals surface area contributed by atoms with Gasteiger partial charge in [-0.1, -0.05) is 6.92 Å². The second-order valence-corrected chi connectivity index (χ2v) is 5.13. The Bertz CT molecular complexity index is 515. The van der Waals surface area contributed by atoms with Crippen LogP contribution in [-0.2, 0) is 5.41 Å². The summed E-state index contributed by atoms with van der Waals surface area (Å²) in [5.74, 6) is 7.13. The van der Waals surface area contributed by atoms with Gasteiger partial charge >= 0.3 is 0 Å². The van der Waals surface area contributed by atoms with E-state index in [1.165, 1.54) is 12.8 Å². The molecule has 1 aliphatic carbocycles. The molecule has 0 atom stereocenters. The van der Waals surface area contributed by atoms with Gasteiger partial charge in [-0.05, 0) is 24.3 Å². The van der Waals surface area contributed by atoms with Gasteiger partial charge in [-0.25, -0.2) is 15.8 Å². The number of anilines is 1. The predicted molar refractivity (Wildman–Crippen MR) is 61.8 cm³/mol. The van der Waals surface area contributed by atoms with Gasteiger partial charge in [-0.3, -0.25) is 0 Å². The quantitative estimate of drug-likeness (QED) is 0.600. The molecule has 0 aromatic carbocycles. The fourth-order valence-corrected chi connectivity index (χ4v) is 2.41. The molecule has 0 radical (unpaired) electrons. The van der Waals surface area contributed by atoms with Gasteiger partial charge in [0.25, 0.3) is 0 Å². The van der Waals surface area contributed by atoms with Gasteiger partial charge in [0, 0.05) is 5.41 Å². The Morgan fingerprint density at radius 1 is 1.47 bits per heavy atom. The Hall–Kier alpha value is -1.20. The lowest BCUT2D eigenvalue weighted by Crippen LogP contribution is -2.13. The van der Waals surface area contributed by atoms with E-state index in [1.54, 1.807) is 11.3 Å². The van der Waals surface area contributed by atoms with E-state index < -0.39 is 0 Å². The van der Waals surface area contributed by atoms with Gasteiger partial charge < -0.3 is 5.43 Å². The highest BCUT2D eigenvalue weighted by molar-refractivity contribution is 7.16. The van der Waals surface area contributed by atoms with Crippen LogP contribution >= 0.6 is 11.3 Å². The minimum absolute atomic E-state index is 0.184. The van der Waals surface area contributed by atoms with Gasteiger partial charge in [0.05, 0.1) is 5.39 Å². The third kappa shape index (κ3) is 1.31. The fraction of sp³-hybridized carbons (Fsp3) is 0.400. The van der Waals surface area contributed by atoms with E-state index in [1.807, 2.05) is 11.4 Å². The van der Waals surface area contributed by atoms with E-state index in [0.717, 1.165) is 21.9 Å². The molecule has 1 saturated carbocycles. The van der Waals surface area contributed by atoms with Crippen molar-refractivity contribution in [3.8, 4) is 0 Å². The topological polar surface area (TPSA) is 63.8 Å². The first-order valence-corrected chi connectivity index (χ1v) is 5.83. The maximum Gasteiger partial charge on any atom is 0.152 e. The number of hydrogen-bond donors (Lipinski definition) is 2. The third-order valence-corrected chi connectivity index (χ3v) is 3.81. The third-order valence-electron chi connectivity index (χ3n) is 3.00. The molecule has 4 nitrogen and oxygen atoms in total. The van der Waals surface area contributed by atoms with E-state index in [4.69, 9.17) is 5.84 Å². The first kappa shape index (κ1) is 9.06. The van der Waals surface area contributed by atoms with Crippen molar-refractivity contribution >= 4 is 27.4 Å². The smallest absolute Gasteiger partial charge is 0.152 e. The lowest BCUT2D eigenvalue weighted by Gasteiger charge is -2.09. The van der Waals surface area contributed by atoms with Crippen molar-refractivity contribution in [1.29, 1.82) is 0 Å². The molecule has 0 bridgehead atoms. The molecule has 3 rings (SSSR count). The zero-order valence-corrected chi connectivity index (χ0v) is 9.27. The summed E-state index contributed by atoms with van der Waals surface area (Å²) in [7, 11) is 0. The van der Waals surface area contributed by atoms with Crippen molar-refractivity contribution in [3.63, 3.8) is 0 Å². The van der Waals surface area contributed by atoms with Crippen molar-refractivity contribution in [2.75, 3.05) is 5.43 Å². The molecule has 2 heterocycles. The van der Waals surface area contributed by atoms with Crippen molar-refractivity contribution < 1.29 is 0 Å². The van der Waals surface area contributed by atoms with Crippen LogP contribution in [0.3, 0.4) is 0 Å². The van der Waals surface area contributed by atoms with Gasteiger partial charge in [-0.15, -0.1) is 11.3 Å². The number of thiophene rings is 1. The molecule has 2 aromatic heterocycles. The second-order valence-electron chi connectivity index (χ2n) is 4.24.